The van der Waals surface area contributed by atoms with Crippen LogP contribution in [-0.4, -0.2) is 49.3 Å². The quantitative estimate of drug-likeness (QED) is 0.0667. The summed E-state index contributed by atoms with van der Waals surface area (Å²) in [4.78, 5) is 2.74. The third-order valence-electron chi connectivity index (χ3n) is 9.77. The van der Waals surface area contributed by atoms with E-state index in [4.69, 9.17) is 5.11 Å². The first-order valence-corrected chi connectivity index (χ1v) is 20.9. The molecule has 0 spiro atoms. The Morgan fingerprint density at radius 1 is 0.318 bits per heavy atom. The van der Waals surface area contributed by atoms with Crippen molar-refractivity contribution in [2.24, 2.45) is 0 Å². The smallest absolute Gasteiger partial charge is 0.0555 e. The summed E-state index contributed by atoms with van der Waals surface area (Å²) in [6.45, 7) is 10.4. The fraction of sp³-hybridized carbons (Fsp3) is 1.00. The lowest BCUT2D eigenvalue weighted by molar-refractivity contribution is 0.252. The van der Waals surface area contributed by atoms with Crippen molar-refractivity contribution in [1.82, 2.24) is 10.2 Å². The minimum absolute atomic E-state index is 0.252. The summed E-state index contributed by atoms with van der Waals surface area (Å²) in [5, 5.41) is 12.4. The highest BCUT2D eigenvalue weighted by atomic mass is 16.3. The first-order chi connectivity index (χ1) is 21.8. The lowest BCUT2D eigenvalue weighted by Gasteiger charge is -2.22. The second kappa shape index (κ2) is 40.9. The van der Waals surface area contributed by atoms with E-state index >= 15 is 0 Å². The molecular formula is C41H86N2O. The predicted molar refractivity (Wildman–Crippen MR) is 200 cm³/mol. The lowest BCUT2D eigenvalue weighted by Crippen LogP contribution is -2.30. The van der Waals surface area contributed by atoms with E-state index in [9.17, 15) is 0 Å². The van der Waals surface area contributed by atoms with Gasteiger partial charge in [0, 0.05) is 6.54 Å². The molecule has 0 bridgehead atoms. The molecule has 0 rings (SSSR count). The van der Waals surface area contributed by atoms with Crippen LogP contribution in [0.2, 0.25) is 0 Å². The minimum Gasteiger partial charge on any atom is -0.395 e. The highest BCUT2D eigenvalue weighted by Crippen LogP contribution is 2.16. The second-order valence-electron chi connectivity index (χ2n) is 14.3. The van der Waals surface area contributed by atoms with Gasteiger partial charge in [-0.2, -0.15) is 0 Å². The van der Waals surface area contributed by atoms with Gasteiger partial charge < -0.3 is 15.3 Å². The van der Waals surface area contributed by atoms with Crippen LogP contribution >= 0.6 is 0 Å². The zero-order valence-corrected chi connectivity index (χ0v) is 31.0. The normalized spacial score (nSPS) is 11.7. The van der Waals surface area contributed by atoms with Crippen molar-refractivity contribution in [3.8, 4) is 0 Å². The Hall–Kier alpha value is -0.120. The van der Waals surface area contributed by atoms with Gasteiger partial charge in [-0.05, 0) is 45.4 Å². The number of hydrogen-bond acceptors (Lipinski definition) is 3. The van der Waals surface area contributed by atoms with Crippen molar-refractivity contribution in [2.75, 3.05) is 39.3 Å². The van der Waals surface area contributed by atoms with Crippen molar-refractivity contribution < 1.29 is 5.11 Å². The van der Waals surface area contributed by atoms with E-state index in [1.807, 2.05) is 0 Å². The SMILES string of the molecule is CCCCCCCCCCCCCCCCCCN(CCCCCCCCCCCCCCCCCC)CCCNCCO. The molecule has 0 aromatic rings. The summed E-state index contributed by atoms with van der Waals surface area (Å²) in [5.41, 5.74) is 0. The van der Waals surface area contributed by atoms with Crippen LogP contribution in [0.25, 0.3) is 0 Å². The molecule has 0 saturated carbocycles. The summed E-state index contributed by atoms with van der Waals surface area (Å²) in [7, 11) is 0. The summed E-state index contributed by atoms with van der Waals surface area (Å²) in [5.74, 6) is 0. The highest BCUT2D eigenvalue weighted by molar-refractivity contribution is 4.61. The number of unbranched alkanes of at least 4 members (excludes halogenated alkanes) is 30. The van der Waals surface area contributed by atoms with Gasteiger partial charge in [0.1, 0.15) is 0 Å². The zero-order valence-electron chi connectivity index (χ0n) is 31.0. The maximum absolute atomic E-state index is 9.02. The Labute approximate surface area is 279 Å². The Balaban J connectivity index is 3.66. The molecule has 0 aromatic carbocycles. The first-order valence-electron chi connectivity index (χ1n) is 20.9. The topological polar surface area (TPSA) is 35.5 Å². The van der Waals surface area contributed by atoms with E-state index < -0.39 is 0 Å². The fourth-order valence-corrected chi connectivity index (χ4v) is 6.73. The van der Waals surface area contributed by atoms with Gasteiger partial charge in [-0.3, -0.25) is 0 Å². The Kier molecular flexibility index (Phi) is 40.8. The standard InChI is InChI=1S/C41H86N2O/c1-3-5-7-9-11-13-15-17-19-21-23-25-27-29-31-33-38-43(40-35-36-42-37-41-44)39-34-32-30-28-26-24-22-20-18-16-14-12-10-8-6-4-2/h42,44H,3-41H2,1-2H3. The molecule has 0 atom stereocenters. The first kappa shape index (κ1) is 43.9. The van der Waals surface area contributed by atoms with E-state index in [-0.39, 0.29) is 6.61 Å². The summed E-state index contributed by atoms with van der Waals surface area (Å²) >= 11 is 0. The van der Waals surface area contributed by atoms with Gasteiger partial charge in [0.25, 0.3) is 0 Å². The molecule has 3 nitrogen and oxygen atoms in total. The molecule has 3 heteroatoms. The van der Waals surface area contributed by atoms with Gasteiger partial charge in [-0.1, -0.05) is 206 Å². The average Bonchev–Trinajstić information content (AvgIpc) is 3.03. The third-order valence-corrected chi connectivity index (χ3v) is 9.77. The van der Waals surface area contributed by atoms with Crippen molar-refractivity contribution in [1.29, 1.82) is 0 Å². The predicted octanol–water partition coefficient (Wildman–Crippen LogP) is 12.8. The van der Waals surface area contributed by atoms with Crippen LogP contribution in [0.4, 0.5) is 0 Å². The van der Waals surface area contributed by atoms with Crippen molar-refractivity contribution in [2.45, 2.75) is 226 Å². The number of aliphatic hydroxyl groups is 1. The van der Waals surface area contributed by atoms with Crippen LogP contribution in [0, 0.1) is 0 Å². The van der Waals surface area contributed by atoms with Crippen molar-refractivity contribution in [3.05, 3.63) is 0 Å². The molecule has 0 aromatic heterocycles. The fourth-order valence-electron chi connectivity index (χ4n) is 6.73. The van der Waals surface area contributed by atoms with Crippen LogP contribution in [0.3, 0.4) is 0 Å². The van der Waals surface area contributed by atoms with Crippen LogP contribution < -0.4 is 5.32 Å². The Bertz CT molecular complexity index is 449. The van der Waals surface area contributed by atoms with Crippen LogP contribution in [0.1, 0.15) is 226 Å². The van der Waals surface area contributed by atoms with Gasteiger partial charge >= 0.3 is 0 Å². The molecule has 0 radical (unpaired) electrons. The molecule has 0 unspecified atom stereocenters. The molecule has 0 aliphatic heterocycles. The molecule has 44 heavy (non-hydrogen) atoms. The molecule has 0 heterocycles. The van der Waals surface area contributed by atoms with Crippen LogP contribution in [0.15, 0.2) is 0 Å². The van der Waals surface area contributed by atoms with E-state index in [1.165, 1.54) is 232 Å². The molecule has 2 N–H and O–H groups in total. The van der Waals surface area contributed by atoms with E-state index in [2.05, 4.69) is 24.1 Å². The summed E-state index contributed by atoms with van der Waals surface area (Å²) in [6, 6.07) is 0. The van der Waals surface area contributed by atoms with E-state index in [1.54, 1.807) is 0 Å². The van der Waals surface area contributed by atoms with Crippen molar-refractivity contribution in [3.63, 3.8) is 0 Å². The minimum atomic E-state index is 0.252. The van der Waals surface area contributed by atoms with Gasteiger partial charge in [-0.15, -0.1) is 0 Å². The van der Waals surface area contributed by atoms with Gasteiger partial charge in [0.05, 0.1) is 6.61 Å². The van der Waals surface area contributed by atoms with E-state index in [0.29, 0.717) is 0 Å². The summed E-state index contributed by atoms with van der Waals surface area (Å²) < 4.78 is 0. The van der Waals surface area contributed by atoms with Crippen LogP contribution in [0.5, 0.6) is 0 Å². The number of nitrogens with zero attached hydrogens (tertiary/aromatic N) is 1. The number of nitrogens with one attached hydrogen (secondary N) is 1. The van der Waals surface area contributed by atoms with E-state index in [0.717, 1.165) is 13.1 Å². The Morgan fingerprint density at radius 3 is 0.841 bits per heavy atom. The van der Waals surface area contributed by atoms with Gasteiger partial charge in [-0.25, -0.2) is 0 Å². The average molecular weight is 623 g/mol. The summed E-state index contributed by atoms with van der Waals surface area (Å²) in [6.07, 6.45) is 47.4. The number of aliphatic hydroxyl groups excluding tert-OH is 1. The van der Waals surface area contributed by atoms with Crippen LogP contribution in [-0.2, 0) is 0 Å². The lowest BCUT2D eigenvalue weighted by atomic mass is 10.0. The number of hydrogen-bond donors (Lipinski definition) is 2. The second-order valence-corrected chi connectivity index (χ2v) is 14.3. The molecule has 0 aliphatic rings. The van der Waals surface area contributed by atoms with Gasteiger partial charge in [0.2, 0.25) is 0 Å². The maximum Gasteiger partial charge on any atom is 0.0555 e. The molecule has 266 valence electrons. The highest BCUT2D eigenvalue weighted by Gasteiger charge is 2.05. The third kappa shape index (κ3) is 38.1. The largest absolute Gasteiger partial charge is 0.395 e. The molecule has 0 amide bonds. The molecule has 0 fully saturated rings. The monoisotopic (exact) mass is 623 g/mol. The molecule has 0 saturated heterocycles. The van der Waals surface area contributed by atoms with Crippen molar-refractivity contribution >= 4 is 0 Å². The maximum atomic E-state index is 9.02. The zero-order chi connectivity index (χ0) is 31.9. The van der Waals surface area contributed by atoms with Gasteiger partial charge in [0.15, 0.2) is 0 Å². The number of rotatable bonds is 40. The Morgan fingerprint density at radius 2 is 0.568 bits per heavy atom. The molecule has 0 aliphatic carbocycles. The molecular weight excluding hydrogens is 536 g/mol.